The smallest absolute Gasteiger partial charge is 0.328 e. The van der Waals surface area contributed by atoms with Crippen molar-refractivity contribution in [2.45, 2.75) is 25.3 Å². The number of pyridine rings is 1. The van der Waals surface area contributed by atoms with Crippen LogP contribution < -0.4 is 20.7 Å². The van der Waals surface area contributed by atoms with Crippen molar-refractivity contribution in [1.82, 2.24) is 19.4 Å². The number of rotatable bonds is 6. The van der Waals surface area contributed by atoms with Gasteiger partial charge in [0.15, 0.2) is 0 Å². The largest absolute Gasteiger partial charge is 0.496 e. The molecule has 1 N–H and O–H groups in total. The summed E-state index contributed by atoms with van der Waals surface area (Å²) >= 11 is 7.35. The molecule has 0 spiro atoms. The van der Waals surface area contributed by atoms with Crippen LogP contribution in [-0.2, 0) is 6.54 Å². The molecule has 2 atom stereocenters. The monoisotopic (exact) mass is 548 g/mol. The van der Waals surface area contributed by atoms with Gasteiger partial charge in [0, 0.05) is 43.2 Å². The minimum absolute atomic E-state index is 0. The summed E-state index contributed by atoms with van der Waals surface area (Å²) in [7, 11) is 1.71. The van der Waals surface area contributed by atoms with Gasteiger partial charge in [0.25, 0.3) is 5.56 Å². The van der Waals surface area contributed by atoms with E-state index >= 15 is 0 Å². The third kappa shape index (κ3) is 4.28. The molecule has 1 saturated heterocycles. The number of aromatic nitrogens is 3. The number of unbranched alkanes of at least 4 members (excludes halogenated alkanes) is 1. The molecule has 4 aromatic rings. The number of hydrogen-bond donors (Lipinski definition) is 1. The number of nitrogens with one attached hydrogen (secondary N) is 1. The molecule has 0 radical (unpaired) electrons. The Bertz CT molecular complexity index is 1530. The summed E-state index contributed by atoms with van der Waals surface area (Å²) in [6, 6.07) is 7.75. The third-order valence-corrected chi connectivity index (χ3v) is 8.42. The predicted molar refractivity (Wildman–Crippen MR) is 145 cm³/mol. The van der Waals surface area contributed by atoms with E-state index in [0.29, 0.717) is 39.1 Å². The van der Waals surface area contributed by atoms with E-state index in [1.165, 1.54) is 27.7 Å². The molecule has 0 bridgehead atoms. The minimum Gasteiger partial charge on any atom is -0.496 e. The lowest BCUT2D eigenvalue weighted by molar-refractivity contribution is 0.209. The van der Waals surface area contributed by atoms with Crippen LogP contribution in [0.15, 0.2) is 40.1 Å². The predicted octanol–water partition coefficient (Wildman–Crippen LogP) is 4.27. The van der Waals surface area contributed by atoms with Gasteiger partial charge in [0.1, 0.15) is 21.7 Å². The van der Waals surface area contributed by atoms with Gasteiger partial charge in [-0.15, -0.1) is 23.7 Å². The number of thiophene rings is 1. The standard InChI is InChI=1S/C25H25ClN4O4S.ClH/c1-33-17-5-4-6-18-20(17)16-12-29(11-14(16)13-34-18)7-2-3-8-30-24(31)23-22(28-25(30)32)21-19(35-23)9-15(26)10-27-21;/h4-6,9-10,14,16H,2-3,7-8,11-13H2,1H3,(H,28,32);1H/t14-,16-;/m1./s1. The molecule has 1 aromatic carbocycles. The highest BCUT2D eigenvalue weighted by molar-refractivity contribution is 7.25. The zero-order valence-electron chi connectivity index (χ0n) is 19.7. The van der Waals surface area contributed by atoms with E-state index in [1.54, 1.807) is 13.2 Å². The Kier molecular flexibility index (Phi) is 7.00. The number of likely N-dealkylation sites (tertiary alicyclic amines) is 1. The molecule has 2 aliphatic heterocycles. The normalized spacial score (nSPS) is 19.1. The van der Waals surface area contributed by atoms with Gasteiger partial charge in [0.05, 0.1) is 29.0 Å². The van der Waals surface area contributed by atoms with Gasteiger partial charge in [0.2, 0.25) is 0 Å². The van der Waals surface area contributed by atoms with Gasteiger partial charge >= 0.3 is 5.69 Å². The van der Waals surface area contributed by atoms with Crippen LogP contribution in [0.4, 0.5) is 0 Å². The van der Waals surface area contributed by atoms with Crippen LogP contribution in [0, 0.1) is 5.92 Å². The van der Waals surface area contributed by atoms with Crippen molar-refractivity contribution in [3.8, 4) is 11.5 Å². The van der Waals surface area contributed by atoms with Crippen LogP contribution in [0.25, 0.3) is 20.4 Å². The SMILES string of the molecule is COc1cccc2c1[C@@H]1CN(CCCCn3c(=O)[nH]c4c(sc5cc(Cl)cnc54)c3=O)C[C@@H]1CO2.Cl. The summed E-state index contributed by atoms with van der Waals surface area (Å²) in [5.41, 5.74) is 1.61. The minimum atomic E-state index is -0.396. The number of ether oxygens (including phenoxy) is 2. The molecule has 2 aliphatic rings. The summed E-state index contributed by atoms with van der Waals surface area (Å²) in [5.74, 6) is 2.67. The highest BCUT2D eigenvalue weighted by Crippen LogP contribution is 2.46. The Labute approximate surface area is 222 Å². The van der Waals surface area contributed by atoms with Crippen molar-refractivity contribution < 1.29 is 9.47 Å². The zero-order chi connectivity index (χ0) is 24.1. The second-order valence-electron chi connectivity index (χ2n) is 9.21. The fourth-order valence-electron chi connectivity index (χ4n) is 5.45. The van der Waals surface area contributed by atoms with Gasteiger partial charge in [-0.2, -0.15) is 0 Å². The van der Waals surface area contributed by atoms with Gasteiger partial charge in [-0.1, -0.05) is 17.7 Å². The molecule has 8 nitrogen and oxygen atoms in total. The topological polar surface area (TPSA) is 89.5 Å². The first-order valence-electron chi connectivity index (χ1n) is 11.8. The Morgan fingerprint density at radius 1 is 1.25 bits per heavy atom. The maximum atomic E-state index is 13.1. The lowest BCUT2D eigenvalue weighted by Gasteiger charge is -2.29. The summed E-state index contributed by atoms with van der Waals surface area (Å²) in [6.45, 7) is 3.96. The molecule has 3 aromatic heterocycles. The van der Waals surface area contributed by atoms with Gasteiger partial charge in [-0.3, -0.25) is 14.3 Å². The Morgan fingerprint density at radius 2 is 2.08 bits per heavy atom. The van der Waals surface area contributed by atoms with E-state index in [1.807, 2.05) is 18.2 Å². The van der Waals surface area contributed by atoms with Crippen LogP contribution in [0.1, 0.15) is 24.3 Å². The fourth-order valence-corrected chi connectivity index (χ4v) is 6.78. The molecular weight excluding hydrogens is 523 g/mol. The van der Waals surface area contributed by atoms with Crippen LogP contribution in [0.5, 0.6) is 11.5 Å². The van der Waals surface area contributed by atoms with Crippen LogP contribution >= 0.6 is 35.3 Å². The van der Waals surface area contributed by atoms with Crippen molar-refractivity contribution in [3.05, 3.63) is 61.9 Å². The van der Waals surface area contributed by atoms with Gasteiger partial charge in [-0.05, 0) is 37.6 Å². The molecule has 11 heteroatoms. The van der Waals surface area contributed by atoms with Gasteiger partial charge < -0.3 is 19.4 Å². The van der Waals surface area contributed by atoms with E-state index in [-0.39, 0.29) is 18.0 Å². The number of nitrogens with zero attached hydrogens (tertiary/aromatic N) is 3. The van der Waals surface area contributed by atoms with E-state index in [2.05, 4.69) is 14.9 Å². The molecule has 6 rings (SSSR count). The van der Waals surface area contributed by atoms with E-state index in [4.69, 9.17) is 21.1 Å². The average Bonchev–Trinajstić information content (AvgIpc) is 3.43. The van der Waals surface area contributed by atoms with Crippen molar-refractivity contribution in [2.75, 3.05) is 33.4 Å². The number of methoxy groups -OCH3 is 1. The van der Waals surface area contributed by atoms with Crippen molar-refractivity contribution in [2.24, 2.45) is 5.92 Å². The number of H-pyrrole nitrogens is 1. The molecule has 5 heterocycles. The lowest BCUT2D eigenvalue weighted by atomic mass is 9.86. The summed E-state index contributed by atoms with van der Waals surface area (Å²) in [6.07, 6.45) is 3.16. The fraction of sp³-hybridized carbons (Fsp3) is 0.400. The second kappa shape index (κ2) is 10.0. The zero-order valence-corrected chi connectivity index (χ0v) is 22.0. The second-order valence-corrected chi connectivity index (χ2v) is 10.7. The molecule has 0 aliphatic carbocycles. The van der Waals surface area contributed by atoms with Gasteiger partial charge in [-0.25, -0.2) is 4.79 Å². The molecule has 36 heavy (non-hydrogen) atoms. The first-order valence-corrected chi connectivity index (χ1v) is 13.0. The number of aromatic amines is 1. The average molecular weight is 549 g/mol. The van der Waals surface area contributed by atoms with E-state index < -0.39 is 5.69 Å². The Morgan fingerprint density at radius 3 is 2.92 bits per heavy atom. The summed E-state index contributed by atoms with van der Waals surface area (Å²) in [5, 5.41) is 0.502. The maximum Gasteiger partial charge on any atom is 0.328 e. The molecular formula is C25H26Cl2N4O4S. The number of halogens is 2. The lowest BCUT2D eigenvalue weighted by Crippen LogP contribution is -2.34. The Balaban J connectivity index is 0.00000267. The highest BCUT2D eigenvalue weighted by Gasteiger charge is 2.40. The van der Waals surface area contributed by atoms with Crippen LogP contribution in [0.3, 0.4) is 0 Å². The molecule has 1 fully saturated rings. The van der Waals surface area contributed by atoms with Crippen molar-refractivity contribution in [1.29, 1.82) is 0 Å². The molecule has 0 saturated carbocycles. The number of hydrogen-bond acceptors (Lipinski definition) is 7. The molecule has 0 amide bonds. The summed E-state index contributed by atoms with van der Waals surface area (Å²) < 4.78 is 14.2. The first kappa shape index (κ1) is 25.1. The van der Waals surface area contributed by atoms with Crippen molar-refractivity contribution in [3.63, 3.8) is 0 Å². The number of benzene rings is 1. The van der Waals surface area contributed by atoms with Crippen LogP contribution in [-0.4, -0.2) is 52.8 Å². The third-order valence-electron chi connectivity index (χ3n) is 7.10. The quantitative estimate of drug-likeness (QED) is 0.362. The number of fused-ring (bicyclic) bond motifs is 6. The first-order chi connectivity index (χ1) is 17.0. The Hall–Kier alpha value is -2.59. The molecule has 190 valence electrons. The van der Waals surface area contributed by atoms with E-state index in [9.17, 15) is 9.59 Å². The maximum absolute atomic E-state index is 13.1. The summed E-state index contributed by atoms with van der Waals surface area (Å²) in [4.78, 5) is 35.3. The van der Waals surface area contributed by atoms with Crippen LogP contribution in [0.2, 0.25) is 5.02 Å². The highest BCUT2D eigenvalue weighted by atomic mass is 35.5. The molecule has 0 unspecified atom stereocenters. The van der Waals surface area contributed by atoms with E-state index in [0.717, 1.165) is 55.3 Å². The van der Waals surface area contributed by atoms with Crippen molar-refractivity contribution >= 4 is 55.8 Å².